The lowest BCUT2D eigenvalue weighted by atomic mass is 10.2. The summed E-state index contributed by atoms with van der Waals surface area (Å²) in [5.74, 6) is 0. The van der Waals surface area contributed by atoms with E-state index in [9.17, 15) is 8.42 Å². The second kappa shape index (κ2) is 6.65. The minimum Gasteiger partial charge on any atom is -0.326 e. The first-order valence-electron chi connectivity index (χ1n) is 6.38. The van der Waals surface area contributed by atoms with Gasteiger partial charge in [-0.25, -0.2) is 13.1 Å². The molecule has 0 aliphatic rings. The highest BCUT2D eigenvalue weighted by Crippen LogP contribution is 2.10. The molecule has 2 rings (SSSR count). The van der Waals surface area contributed by atoms with Crippen molar-refractivity contribution in [3.63, 3.8) is 0 Å². The molecule has 0 spiro atoms. The van der Waals surface area contributed by atoms with Crippen LogP contribution < -0.4 is 10.5 Å². The van der Waals surface area contributed by atoms with Crippen molar-refractivity contribution in [2.45, 2.75) is 24.4 Å². The summed E-state index contributed by atoms with van der Waals surface area (Å²) in [6.45, 7) is 1.37. The molecule has 0 aliphatic carbocycles. The lowest BCUT2D eigenvalue weighted by Gasteiger charge is -2.08. The van der Waals surface area contributed by atoms with Crippen LogP contribution in [-0.2, 0) is 23.1 Å². The van der Waals surface area contributed by atoms with Gasteiger partial charge in [0.25, 0.3) is 0 Å². The van der Waals surface area contributed by atoms with Gasteiger partial charge < -0.3 is 5.73 Å². The molecular weight excluding hydrogens is 276 g/mol. The van der Waals surface area contributed by atoms with Gasteiger partial charge >= 0.3 is 0 Å². The van der Waals surface area contributed by atoms with Crippen LogP contribution in [0.15, 0.2) is 47.6 Å². The second-order valence-electron chi connectivity index (χ2n) is 4.37. The standard InChI is InChI=1S/C13H18N4O2S/c14-11-12-4-1-5-13(10-12)20(18,19)16-7-3-9-17-8-2-6-15-17/h1-2,4-6,8,10,16H,3,7,9,11,14H2. The lowest BCUT2D eigenvalue weighted by Crippen LogP contribution is -2.25. The Labute approximate surface area is 118 Å². The molecule has 6 nitrogen and oxygen atoms in total. The molecule has 0 aliphatic heterocycles. The van der Waals surface area contributed by atoms with Crippen LogP contribution in [0.25, 0.3) is 0 Å². The number of hydrogen-bond acceptors (Lipinski definition) is 4. The van der Waals surface area contributed by atoms with Gasteiger partial charge in [-0.2, -0.15) is 5.10 Å². The third-order valence-electron chi connectivity index (χ3n) is 2.86. The molecule has 0 amide bonds. The Morgan fingerprint density at radius 1 is 1.30 bits per heavy atom. The number of benzene rings is 1. The monoisotopic (exact) mass is 294 g/mol. The summed E-state index contributed by atoms with van der Waals surface area (Å²) >= 11 is 0. The first-order valence-corrected chi connectivity index (χ1v) is 7.86. The lowest BCUT2D eigenvalue weighted by molar-refractivity contribution is 0.553. The predicted octanol–water partition coefficient (Wildman–Crippen LogP) is 0.710. The van der Waals surface area contributed by atoms with Gasteiger partial charge in [0.05, 0.1) is 4.90 Å². The van der Waals surface area contributed by atoms with Crippen LogP contribution in [0.1, 0.15) is 12.0 Å². The highest BCUT2D eigenvalue weighted by Gasteiger charge is 2.13. The van der Waals surface area contributed by atoms with E-state index < -0.39 is 10.0 Å². The maximum atomic E-state index is 12.1. The SMILES string of the molecule is NCc1cccc(S(=O)(=O)NCCCn2cccn2)c1. The molecule has 0 unspecified atom stereocenters. The second-order valence-corrected chi connectivity index (χ2v) is 6.14. The molecule has 0 fully saturated rings. The van der Waals surface area contributed by atoms with Crippen LogP contribution in [0.4, 0.5) is 0 Å². The average Bonchev–Trinajstić information content (AvgIpc) is 2.97. The van der Waals surface area contributed by atoms with E-state index in [0.717, 1.165) is 5.56 Å². The number of nitrogens with zero attached hydrogens (tertiary/aromatic N) is 2. The van der Waals surface area contributed by atoms with Crippen molar-refractivity contribution >= 4 is 10.0 Å². The van der Waals surface area contributed by atoms with Gasteiger partial charge in [0.2, 0.25) is 10.0 Å². The Morgan fingerprint density at radius 3 is 2.85 bits per heavy atom. The number of aromatic nitrogens is 2. The van der Waals surface area contributed by atoms with Crippen LogP contribution in [0.3, 0.4) is 0 Å². The van der Waals surface area contributed by atoms with E-state index in [1.807, 2.05) is 12.3 Å². The number of hydrogen-bond donors (Lipinski definition) is 2. The molecule has 1 heterocycles. The van der Waals surface area contributed by atoms with E-state index in [0.29, 0.717) is 26.1 Å². The highest BCUT2D eigenvalue weighted by atomic mass is 32.2. The Kier molecular flexibility index (Phi) is 4.89. The molecule has 0 radical (unpaired) electrons. The maximum Gasteiger partial charge on any atom is 0.240 e. The quantitative estimate of drug-likeness (QED) is 0.736. The number of aryl methyl sites for hydroxylation is 1. The zero-order valence-electron chi connectivity index (χ0n) is 11.1. The fourth-order valence-electron chi connectivity index (χ4n) is 1.80. The summed E-state index contributed by atoms with van der Waals surface area (Å²) in [7, 11) is -3.47. The fourth-order valence-corrected chi connectivity index (χ4v) is 2.95. The molecule has 108 valence electrons. The van der Waals surface area contributed by atoms with E-state index >= 15 is 0 Å². The molecule has 1 aromatic carbocycles. The maximum absolute atomic E-state index is 12.1. The number of sulfonamides is 1. The number of nitrogens with one attached hydrogen (secondary N) is 1. The first-order chi connectivity index (χ1) is 9.62. The summed E-state index contributed by atoms with van der Waals surface area (Å²) < 4.78 is 28.5. The number of rotatable bonds is 7. The van der Waals surface area contributed by atoms with Crippen molar-refractivity contribution in [3.8, 4) is 0 Å². The van der Waals surface area contributed by atoms with Crippen molar-refractivity contribution in [3.05, 3.63) is 48.3 Å². The Bertz CT molecular complexity index is 638. The fraction of sp³-hybridized carbons (Fsp3) is 0.308. The van der Waals surface area contributed by atoms with Crippen LogP contribution in [0.5, 0.6) is 0 Å². The average molecular weight is 294 g/mol. The molecule has 0 atom stereocenters. The molecule has 20 heavy (non-hydrogen) atoms. The van der Waals surface area contributed by atoms with E-state index in [1.54, 1.807) is 35.1 Å². The summed E-state index contributed by atoms with van der Waals surface area (Å²) in [6.07, 6.45) is 4.22. The zero-order chi connectivity index (χ0) is 14.4. The van der Waals surface area contributed by atoms with E-state index in [1.165, 1.54) is 0 Å². The van der Waals surface area contributed by atoms with Gasteiger partial charge in [0.15, 0.2) is 0 Å². The summed E-state index contributed by atoms with van der Waals surface area (Å²) in [4.78, 5) is 0.250. The largest absolute Gasteiger partial charge is 0.326 e. The third-order valence-corrected chi connectivity index (χ3v) is 4.32. The number of nitrogens with two attached hydrogens (primary N) is 1. The predicted molar refractivity (Wildman–Crippen MR) is 76.4 cm³/mol. The van der Waals surface area contributed by atoms with Crippen molar-refractivity contribution in [1.29, 1.82) is 0 Å². The topological polar surface area (TPSA) is 90.0 Å². The minimum atomic E-state index is -3.47. The van der Waals surface area contributed by atoms with E-state index in [4.69, 9.17) is 5.73 Å². The molecule has 0 saturated heterocycles. The van der Waals surface area contributed by atoms with Gasteiger partial charge in [-0.3, -0.25) is 4.68 Å². The van der Waals surface area contributed by atoms with Gasteiger partial charge in [-0.05, 0) is 30.2 Å². The molecule has 3 N–H and O–H groups in total. The molecular formula is C13H18N4O2S. The molecule has 2 aromatic rings. The summed E-state index contributed by atoms with van der Waals surface area (Å²) in [5, 5.41) is 4.06. The van der Waals surface area contributed by atoms with Gasteiger partial charge in [0.1, 0.15) is 0 Å². The third kappa shape index (κ3) is 3.89. The summed E-state index contributed by atoms with van der Waals surface area (Å²) in [6, 6.07) is 8.49. The zero-order valence-corrected chi connectivity index (χ0v) is 11.9. The van der Waals surface area contributed by atoms with Crippen LogP contribution >= 0.6 is 0 Å². The molecule has 1 aromatic heterocycles. The van der Waals surface area contributed by atoms with Crippen molar-refractivity contribution in [1.82, 2.24) is 14.5 Å². The molecule has 7 heteroatoms. The molecule has 0 saturated carbocycles. The summed E-state index contributed by atoms with van der Waals surface area (Å²) in [5.41, 5.74) is 6.31. The van der Waals surface area contributed by atoms with Gasteiger partial charge in [0, 0.05) is 32.0 Å². The Balaban J connectivity index is 1.90. The van der Waals surface area contributed by atoms with Gasteiger partial charge in [-0.15, -0.1) is 0 Å². The van der Waals surface area contributed by atoms with Gasteiger partial charge in [-0.1, -0.05) is 12.1 Å². The highest BCUT2D eigenvalue weighted by molar-refractivity contribution is 7.89. The van der Waals surface area contributed by atoms with Crippen LogP contribution in [0, 0.1) is 0 Å². The van der Waals surface area contributed by atoms with E-state index in [2.05, 4.69) is 9.82 Å². The van der Waals surface area contributed by atoms with Crippen LogP contribution in [-0.4, -0.2) is 24.7 Å². The van der Waals surface area contributed by atoms with Crippen molar-refractivity contribution in [2.75, 3.05) is 6.54 Å². The molecule has 0 bridgehead atoms. The normalized spacial score (nSPS) is 11.7. The minimum absolute atomic E-state index is 0.250. The first kappa shape index (κ1) is 14.7. The smallest absolute Gasteiger partial charge is 0.240 e. The van der Waals surface area contributed by atoms with Crippen LogP contribution in [0.2, 0.25) is 0 Å². The Hall–Kier alpha value is -1.70. The Morgan fingerprint density at radius 2 is 2.15 bits per heavy atom. The van der Waals surface area contributed by atoms with Crippen molar-refractivity contribution in [2.24, 2.45) is 5.73 Å². The van der Waals surface area contributed by atoms with E-state index in [-0.39, 0.29) is 4.90 Å². The van der Waals surface area contributed by atoms with Crippen molar-refractivity contribution < 1.29 is 8.42 Å².